The van der Waals surface area contributed by atoms with Gasteiger partial charge in [0.2, 0.25) is 0 Å². The average molecular weight is 168 g/mol. The van der Waals surface area contributed by atoms with E-state index in [0.717, 1.165) is 19.3 Å². The molecule has 0 spiro atoms. The van der Waals surface area contributed by atoms with Crippen LogP contribution in [0.5, 0.6) is 0 Å². The fourth-order valence-electron chi connectivity index (χ4n) is 2.19. The smallest absolute Gasteiger partial charge is 0.118 e. The SMILES string of the molecule is C=C(C)C1CCC2(CO)OC2C1. The molecular weight excluding hydrogens is 152 g/mol. The molecule has 0 aromatic heterocycles. The number of allylic oxidation sites excluding steroid dienone is 1. The summed E-state index contributed by atoms with van der Waals surface area (Å²) in [4.78, 5) is 0. The number of fused-ring (bicyclic) bond motifs is 1. The Balaban J connectivity index is 1.96. The van der Waals surface area contributed by atoms with Gasteiger partial charge < -0.3 is 9.84 Å². The highest BCUT2D eigenvalue weighted by atomic mass is 16.6. The van der Waals surface area contributed by atoms with Crippen molar-refractivity contribution in [2.75, 3.05) is 6.61 Å². The van der Waals surface area contributed by atoms with Crippen LogP contribution in [0.15, 0.2) is 12.2 Å². The van der Waals surface area contributed by atoms with Crippen molar-refractivity contribution in [1.82, 2.24) is 0 Å². The van der Waals surface area contributed by atoms with E-state index in [9.17, 15) is 0 Å². The summed E-state index contributed by atoms with van der Waals surface area (Å²) < 4.78 is 5.50. The molecule has 1 heterocycles. The lowest BCUT2D eigenvalue weighted by molar-refractivity contribution is 0.160. The molecule has 12 heavy (non-hydrogen) atoms. The maximum absolute atomic E-state index is 9.07. The highest BCUT2D eigenvalue weighted by Crippen LogP contribution is 2.50. The van der Waals surface area contributed by atoms with Gasteiger partial charge in [-0.05, 0) is 32.1 Å². The lowest BCUT2D eigenvalue weighted by Gasteiger charge is -2.23. The maximum atomic E-state index is 9.07. The summed E-state index contributed by atoms with van der Waals surface area (Å²) in [5.74, 6) is 0.622. The second-order valence-corrected chi connectivity index (χ2v) is 4.15. The summed E-state index contributed by atoms with van der Waals surface area (Å²) in [5, 5.41) is 9.07. The number of aliphatic hydroxyl groups excluding tert-OH is 1. The number of hydrogen-bond acceptors (Lipinski definition) is 2. The Labute approximate surface area is 73.2 Å². The summed E-state index contributed by atoms with van der Waals surface area (Å²) in [7, 11) is 0. The van der Waals surface area contributed by atoms with Gasteiger partial charge in [0.15, 0.2) is 0 Å². The van der Waals surface area contributed by atoms with E-state index in [1.165, 1.54) is 5.57 Å². The first kappa shape index (κ1) is 8.27. The van der Waals surface area contributed by atoms with Crippen LogP contribution in [0.1, 0.15) is 26.2 Å². The molecule has 3 unspecified atom stereocenters. The van der Waals surface area contributed by atoms with E-state index >= 15 is 0 Å². The normalized spacial score (nSPS) is 45.2. The van der Waals surface area contributed by atoms with E-state index in [1.54, 1.807) is 0 Å². The fourth-order valence-corrected chi connectivity index (χ4v) is 2.19. The third-order valence-corrected chi connectivity index (χ3v) is 3.29. The van der Waals surface area contributed by atoms with Gasteiger partial charge in [-0.25, -0.2) is 0 Å². The second-order valence-electron chi connectivity index (χ2n) is 4.15. The van der Waals surface area contributed by atoms with E-state index in [0.29, 0.717) is 12.0 Å². The summed E-state index contributed by atoms with van der Waals surface area (Å²) >= 11 is 0. The van der Waals surface area contributed by atoms with E-state index in [4.69, 9.17) is 9.84 Å². The number of aliphatic hydroxyl groups is 1. The number of hydrogen-bond donors (Lipinski definition) is 1. The molecule has 3 atom stereocenters. The van der Waals surface area contributed by atoms with E-state index in [1.807, 2.05) is 0 Å². The van der Waals surface area contributed by atoms with Crippen LogP contribution >= 0.6 is 0 Å². The molecule has 1 saturated heterocycles. The first-order valence-corrected chi connectivity index (χ1v) is 4.62. The van der Waals surface area contributed by atoms with Crippen molar-refractivity contribution in [3.63, 3.8) is 0 Å². The molecule has 1 aliphatic heterocycles. The van der Waals surface area contributed by atoms with Crippen LogP contribution in [0.4, 0.5) is 0 Å². The van der Waals surface area contributed by atoms with Gasteiger partial charge >= 0.3 is 0 Å². The molecule has 0 aromatic carbocycles. The number of ether oxygens (including phenoxy) is 1. The van der Waals surface area contributed by atoms with Crippen LogP contribution in [0, 0.1) is 5.92 Å². The monoisotopic (exact) mass is 168 g/mol. The van der Waals surface area contributed by atoms with Crippen molar-refractivity contribution in [3.8, 4) is 0 Å². The molecule has 1 aliphatic carbocycles. The van der Waals surface area contributed by atoms with Crippen LogP contribution in [-0.4, -0.2) is 23.4 Å². The van der Waals surface area contributed by atoms with Crippen molar-refractivity contribution in [2.24, 2.45) is 5.92 Å². The third kappa shape index (κ3) is 1.10. The number of epoxide rings is 1. The lowest BCUT2D eigenvalue weighted by Crippen LogP contribution is -2.27. The summed E-state index contributed by atoms with van der Waals surface area (Å²) in [6.07, 6.45) is 3.52. The minimum atomic E-state index is -0.133. The minimum Gasteiger partial charge on any atom is -0.393 e. The lowest BCUT2D eigenvalue weighted by atomic mass is 9.79. The van der Waals surface area contributed by atoms with E-state index in [2.05, 4.69) is 13.5 Å². The first-order valence-electron chi connectivity index (χ1n) is 4.62. The predicted molar refractivity (Wildman–Crippen MR) is 46.8 cm³/mol. The third-order valence-electron chi connectivity index (χ3n) is 3.29. The minimum absolute atomic E-state index is 0.133. The average Bonchev–Trinajstić information content (AvgIpc) is 2.77. The van der Waals surface area contributed by atoms with Gasteiger partial charge in [-0.2, -0.15) is 0 Å². The van der Waals surface area contributed by atoms with Gasteiger partial charge in [0.1, 0.15) is 5.60 Å². The largest absolute Gasteiger partial charge is 0.393 e. The summed E-state index contributed by atoms with van der Waals surface area (Å²) in [5.41, 5.74) is 1.13. The van der Waals surface area contributed by atoms with Crippen molar-refractivity contribution in [2.45, 2.75) is 37.9 Å². The Morgan fingerprint density at radius 3 is 3.00 bits per heavy atom. The van der Waals surface area contributed by atoms with Gasteiger partial charge in [-0.15, -0.1) is 0 Å². The van der Waals surface area contributed by atoms with E-state index < -0.39 is 0 Å². The molecule has 2 fully saturated rings. The van der Waals surface area contributed by atoms with Crippen LogP contribution in [0.25, 0.3) is 0 Å². The molecule has 0 radical (unpaired) electrons. The first-order chi connectivity index (χ1) is 5.68. The molecule has 2 heteroatoms. The molecule has 2 rings (SSSR count). The molecule has 0 amide bonds. The Kier molecular flexibility index (Phi) is 1.77. The van der Waals surface area contributed by atoms with Crippen molar-refractivity contribution < 1.29 is 9.84 Å². The van der Waals surface area contributed by atoms with E-state index in [-0.39, 0.29) is 12.2 Å². The Hall–Kier alpha value is -0.340. The summed E-state index contributed by atoms with van der Waals surface area (Å²) in [6.45, 7) is 6.24. The molecular formula is C10H16O2. The van der Waals surface area contributed by atoms with Crippen LogP contribution in [0.3, 0.4) is 0 Å². The van der Waals surface area contributed by atoms with Crippen LogP contribution in [0.2, 0.25) is 0 Å². The molecule has 0 aromatic rings. The molecule has 0 bridgehead atoms. The Bertz CT molecular complexity index is 212. The molecule has 2 aliphatic rings. The van der Waals surface area contributed by atoms with Crippen LogP contribution in [-0.2, 0) is 4.74 Å². The van der Waals surface area contributed by atoms with Crippen LogP contribution < -0.4 is 0 Å². The zero-order valence-corrected chi connectivity index (χ0v) is 7.55. The van der Waals surface area contributed by atoms with Crippen molar-refractivity contribution in [3.05, 3.63) is 12.2 Å². The Morgan fingerprint density at radius 2 is 2.50 bits per heavy atom. The van der Waals surface area contributed by atoms with Gasteiger partial charge in [-0.1, -0.05) is 12.2 Å². The number of rotatable bonds is 2. The zero-order valence-electron chi connectivity index (χ0n) is 7.55. The highest BCUT2D eigenvalue weighted by Gasteiger charge is 2.58. The van der Waals surface area contributed by atoms with Gasteiger partial charge in [0, 0.05) is 0 Å². The highest BCUT2D eigenvalue weighted by molar-refractivity contribution is 5.11. The topological polar surface area (TPSA) is 32.8 Å². The Morgan fingerprint density at radius 1 is 1.75 bits per heavy atom. The zero-order chi connectivity index (χ0) is 8.77. The fraction of sp³-hybridized carbons (Fsp3) is 0.800. The molecule has 2 nitrogen and oxygen atoms in total. The predicted octanol–water partition coefficient (Wildman–Crippen LogP) is 1.49. The van der Waals surface area contributed by atoms with Crippen molar-refractivity contribution >= 4 is 0 Å². The quantitative estimate of drug-likeness (QED) is 0.500. The summed E-state index contributed by atoms with van der Waals surface area (Å²) in [6, 6.07) is 0. The standard InChI is InChI=1S/C10H16O2/c1-7(2)8-3-4-10(6-11)9(5-8)12-10/h8-9,11H,1,3-6H2,2H3. The molecule has 1 saturated carbocycles. The van der Waals surface area contributed by atoms with Gasteiger partial charge in [0.25, 0.3) is 0 Å². The molecule has 68 valence electrons. The van der Waals surface area contributed by atoms with Gasteiger partial charge in [0.05, 0.1) is 12.7 Å². The maximum Gasteiger partial charge on any atom is 0.118 e. The second kappa shape index (κ2) is 2.57. The molecule has 1 N–H and O–H groups in total. The van der Waals surface area contributed by atoms with Crippen molar-refractivity contribution in [1.29, 1.82) is 0 Å². The van der Waals surface area contributed by atoms with Gasteiger partial charge in [-0.3, -0.25) is 0 Å².